The van der Waals surface area contributed by atoms with Gasteiger partial charge >= 0.3 is 0 Å². The SMILES string of the molecule is O=C(Cc1ccccn1)N[C@@H]1CCCc2nc(N3CCC(CO)CC3)ncc21. The summed E-state index contributed by atoms with van der Waals surface area (Å²) in [7, 11) is 0. The predicted molar refractivity (Wildman–Crippen MR) is 106 cm³/mol. The van der Waals surface area contributed by atoms with Crippen molar-refractivity contribution in [2.24, 2.45) is 5.92 Å². The Morgan fingerprint density at radius 2 is 2.07 bits per heavy atom. The van der Waals surface area contributed by atoms with E-state index in [0.29, 0.717) is 5.92 Å². The molecule has 2 aliphatic rings. The van der Waals surface area contributed by atoms with Gasteiger partial charge in [-0.25, -0.2) is 9.97 Å². The molecule has 1 saturated heterocycles. The maximum atomic E-state index is 12.4. The zero-order valence-electron chi connectivity index (χ0n) is 16.0. The highest BCUT2D eigenvalue weighted by Crippen LogP contribution is 2.30. The highest BCUT2D eigenvalue weighted by molar-refractivity contribution is 5.78. The third kappa shape index (κ3) is 4.30. The minimum atomic E-state index is -0.0332. The third-order valence-corrected chi connectivity index (χ3v) is 5.73. The van der Waals surface area contributed by atoms with E-state index in [0.717, 1.165) is 68.1 Å². The largest absolute Gasteiger partial charge is 0.396 e. The average Bonchev–Trinajstić information content (AvgIpc) is 2.74. The van der Waals surface area contributed by atoms with Crippen LogP contribution in [0.15, 0.2) is 30.6 Å². The molecule has 1 fully saturated rings. The van der Waals surface area contributed by atoms with Gasteiger partial charge in [0.05, 0.1) is 18.2 Å². The highest BCUT2D eigenvalue weighted by Gasteiger charge is 2.26. The van der Waals surface area contributed by atoms with Crippen molar-refractivity contribution in [3.8, 4) is 0 Å². The highest BCUT2D eigenvalue weighted by atomic mass is 16.3. The standard InChI is InChI=1S/C21H27N5O2/c27-14-15-7-10-26(11-8-15)21-23-13-17-18(5-3-6-19(17)25-21)24-20(28)12-16-4-1-2-9-22-16/h1-2,4,9,13,15,18,27H,3,5-8,10-12,14H2,(H,24,28)/t18-/m1/s1. The second-order valence-corrected chi connectivity index (χ2v) is 7.70. The second-order valence-electron chi connectivity index (χ2n) is 7.70. The summed E-state index contributed by atoms with van der Waals surface area (Å²) in [5.41, 5.74) is 2.85. The van der Waals surface area contributed by atoms with Gasteiger partial charge < -0.3 is 15.3 Å². The summed E-state index contributed by atoms with van der Waals surface area (Å²) in [5.74, 6) is 1.15. The molecule has 1 amide bonds. The van der Waals surface area contributed by atoms with Crippen LogP contribution in [0.25, 0.3) is 0 Å². The zero-order chi connectivity index (χ0) is 19.3. The fourth-order valence-electron chi connectivity index (χ4n) is 4.07. The minimum Gasteiger partial charge on any atom is -0.396 e. The number of pyridine rings is 1. The van der Waals surface area contributed by atoms with E-state index in [9.17, 15) is 9.90 Å². The number of fused-ring (bicyclic) bond motifs is 1. The normalized spacial score (nSPS) is 19.9. The van der Waals surface area contributed by atoms with E-state index in [2.05, 4.69) is 20.2 Å². The van der Waals surface area contributed by atoms with Gasteiger partial charge in [-0.3, -0.25) is 9.78 Å². The molecule has 0 unspecified atom stereocenters. The lowest BCUT2D eigenvalue weighted by Crippen LogP contribution is -2.37. The number of hydrogen-bond acceptors (Lipinski definition) is 6. The Bertz CT molecular complexity index is 806. The van der Waals surface area contributed by atoms with Crippen molar-refractivity contribution in [2.45, 2.75) is 44.6 Å². The number of aliphatic hydroxyl groups is 1. The molecule has 0 spiro atoms. The molecule has 28 heavy (non-hydrogen) atoms. The number of aliphatic hydroxyl groups excluding tert-OH is 1. The summed E-state index contributed by atoms with van der Waals surface area (Å²) in [5, 5.41) is 12.4. The topological polar surface area (TPSA) is 91.2 Å². The fourth-order valence-corrected chi connectivity index (χ4v) is 4.07. The van der Waals surface area contributed by atoms with Crippen LogP contribution in [0.4, 0.5) is 5.95 Å². The second kappa shape index (κ2) is 8.65. The number of hydrogen-bond donors (Lipinski definition) is 2. The number of aryl methyl sites for hydroxylation is 1. The molecule has 1 aliphatic carbocycles. The van der Waals surface area contributed by atoms with Gasteiger partial charge in [-0.05, 0) is 50.2 Å². The van der Waals surface area contributed by atoms with Gasteiger partial charge in [0.25, 0.3) is 0 Å². The first-order chi connectivity index (χ1) is 13.7. The summed E-state index contributed by atoms with van der Waals surface area (Å²) in [6, 6.07) is 5.57. The van der Waals surface area contributed by atoms with E-state index in [1.807, 2.05) is 24.4 Å². The first-order valence-electron chi connectivity index (χ1n) is 10.1. The number of amides is 1. The number of carbonyl (C=O) groups is 1. The van der Waals surface area contributed by atoms with Gasteiger partial charge in [0.1, 0.15) is 0 Å². The quantitative estimate of drug-likeness (QED) is 0.821. The smallest absolute Gasteiger partial charge is 0.226 e. The number of carbonyl (C=O) groups excluding carboxylic acids is 1. The lowest BCUT2D eigenvalue weighted by atomic mass is 9.92. The lowest BCUT2D eigenvalue weighted by Gasteiger charge is -2.32. The minimum absolute atomic E-state index is 0.0216. The van der Waals surface area contributed by atoms with Gasteiger partial charge in [0.2, 0.25) is 11.9 Å². The Labute approximate surface area is 165 Å². The van der Waals surface area contributed by atoms with Crippen LogP contribution in [0.3, 0.4) is 0 Å². The molecule has 0 aromatic carbocycles. The fraction of sp³-hybridized carbons (Fsp3) is 0.524. The van der Waals surface area contributed by atoms with Crippen LogP contribution in [0.1, 0.15) is 48.7 Å². The van der Waals surface area contributed by atoms with Crippen molar-refractivity contribution in [2.75, 3.05) is 24.6 Å². The molecular formula is C21H27N5O2. The Balaban J connectivity index is 1.42. The number of aromatic nitrogens is 3. The molecule has 2 aromatic rings. The molecule has 0 bridgehead atoms. The molecule has 2 aromatic heterocycles. The molecule has 3 heterocycles. The Hall–Kier alpha value is -2.54. The monoisotopic (exact) mass is 381 g/mol. The summed E-state index contributed by atoms with van der Waals surface area (Å²) in [6.45, 7) is 2.03. The maximum Gasteiger partial charge on any atom is 0.226 e. The molecule has 1 atom stereocenters. The van der Waals surface area contributed by atoms with Crippen LogP contribution in [-0.4, -0.2) is 45.7 Å². The van der Waals surface area contributed by atoms with E-state index in [1.54, 1.807) is 6.20 Å². The van der Waals surface area contributed by atoms with Crippen LogP contribution in [0, 0.1) is 5.92 Å². The van der Waals surface area contributed by atoms with Crippen LogP contribution >= 0.6 is 0 Å². The maximum absolute atomic E-state index is 12.4. The van der Waals surface area contributed by atoms with Crippen LogP contribution in [0.2, 0.25) is 0 Å². The molecule has 1 aliphatic heterocycles. The molecule has 7 nitrogen and oxygen atoms in total. The van der Waals surface area contributed by atoms with Crippen LogP contribution in [-0.2, 0) is 17.6 Å². The molecule has 4 rings (SSSR count). The molecule has 148 valence electrons. The number of rotatable bonds is 5. The van der Waals surface area contributed by atoms with E-state index >= 15 is 0 Å². The molecule has 0 saturated carbocycles. The number of nitrogens with one attached hydrogen (secondary N) is 1. The van der Waals surface area contributed by atoms with E-state index in [-0.39, 0.29) is 25.0 Å². The van der Waals surface area contributed by atoms with E-state index in [1.165, 1.54) is 0 Å². The van der Waals surface area contributed by atoms with Gasteiger partial charge in [0, 0.05) is 43.3 Å². The molecular weight excluding hydrogens is 354 g/mol. The average molecular weight is 381 g/mol. The summed E-state index contributed by atoms with van der Waals surface area (Å²) in [6.07, 6.45) is 8.66. The van der Waals surface area contributed by atoms with Gasteiger partial charge in [0.15, 0.2) is 0 Å². The number of piperidine rings is 1. The third-order valence-electron chi connectivity index (χ3n) is 5.73. The Morgan fingerprint density at radius 3 is 2.82 bits per heavy atom. The van der Waals surface area contributed by atoms with Crippen LogP contribution in [0.5, 0.6) is 0 Å². The van der Waals surface area contributed by atoms with E-state index in [4.69, 9.17) is 4.98 Å². The van der Waals surface area contributed by atoms with Crippen molar-refractivity contribution >= 4 is 11.9 Å². The van der Waals surface area contributed by atoms with Crippen molar-refractivity contribution in [3.63, 3.8) is 0 Å². The van der Waals surface area contributed by atoms with Crippen molar-refractivity contribution in [1.29, 1.82) is 0 Å². The van der Waals surface area contributed by atoms with Crippen molar-refractivity contribution in [1.82, 2.24) is 20.3 Å². The Morgan fingerprint density at radius 1 is 1.21 bits per heavy atom. The van der Waals surface area contributed by atoms with Gasteiger partial charge in [-0.1, -0.05) is 6.07 Å². The summed E-state index contributed by atoms with van der Waals surface area (Å²) in [4.78, 5) is 28.3. The summed E-state index contributed by atoms with van der Waals surface area (Å²) >= 11 is 0. The first kappa shape index (κ1) is 18.8. The number of anilines is 1. The van der Waals surface area contributed by atoms with Crippen molar-refractivity contribution < 1.29 is 9.90 Å². The molecule has 2 N–H and O–H groups in total. The van der Waals surface area contributed by atoms with E-state index < -0.39 is 0 Å². The number of nitrogens with zero attached hydrogens (tertiary/aromatic N) is 4. The first-order valence-corrected chi connectivity index (χ1v) is 10.1. The lowest BCUT2D eigenvalue weighted by molar-refractivity contribution is -0.121. The van der Waals surface area contributed by atoms with Gasteiger partial charge in [-0.2, -0.15) is 0 Å². The Kier molecular flexibility index (Phi) is 5.81. The molecule has 0 radical (unpaired) electrons. The van der Waals surface area contributed by atoms with Crippen molar-refractivity contribution in [3.05, 3.63) is 47.5 Å². The zero-order valence-corrected chi connectivity index (χ0v) is 16.0. The van der Waals surface area contributed by atoms with Crippen LogP contribution < -0.4 is 10.2 Å². The van der Waals surface area contributed by atoms with Gasteiger partial charge in [-0.15, -0.1) is 0 Å². The predicted octanol–water partition coefficient (Wildman–Crippen LogP) is 1.82. The molecule has 7 heteroatoms. The summed E-state index contributed by atoms with van der Waals surface area (Å²) < 4.78 is 0.